The summed E-state index contributed by atoms with van der Waals surface area (Å²) in [4.78, 5) is 24.1. The summed E-state index contributed by atoms with van der Waals surface area (Å²) in [6.07, 6.45) is 4.23. The monoisotopic (exact) mass is 433 g/mol. The van der Waals surface area contributed by atoms with E-state index in [0.29, 0.717) is 18.1 Å². The maximum atomic E-state index is 12.3. The second kappa shape index (κ2) is 12.1. The number of carbonyl (C=O) groups is 1. The number of nitrogens with one attached hydrogen (secondary N) is 3. The molecule has 0 unspecified atom stereocenters. The standard InChI is InChI=1S/C20H25F2N7O2/c1-13(2)27-18(30)12-24-11-15(9-23)28-20-25-7-6-17(29-20)26-10-14-4-3-5-16(8-14)31-19(21)22/h3-9,11,13,19H,10,12,23H2,1-2H3,(H,27,30)(H2,25,26,28,29). The van der Waals surface area contributed by atoms with E-state index in [1.807, 2.05) is 13.8 Å². The Morgan fingerprint density at radius 1 is 1.32 bits per heavy atom. The van der Waals surface area contributed by atoms with Crippen LogP contribution in [-0.4, -0.2) is 41.3 Å². The number of carbonyl (C=O) groups excluding carboxylic acids is 1. The lowest BCUT2D eigenvalue weighted by Gasteiger charge is -2.10. The molecule has 1 aromatic heterocycles. The van der Waals surface area contributed by atoms with Crippen LogP contribution in [0, 0.1) is 0 Å². The third-order valence-electron chi connectivity index (χ3n) is 3.60. The fourth-order valence-electron chi connectivity index (χ4n) is 2.38. The molecule has 0 saturated carbocycles. The van der Waals surface area contributed by atoms with Gasteiger partial charge in [0.15, 0.2) is 0 Å². The van der Waals surface area contributed by atoms with Gasteiger partial charge in [-0.1, -0.05) is 12.1 Å². The number of benzene rings is 1. The van der Waals surface area contributed by atoms with Crippen LogP contribution in [0.5, 0.6) is 5.75 Å². The molecular weight excluding hydrogens is 408 g/mol. The summed E-state index contributed by atoms with van der Waals surface area (Å²) in [6.45, 7) is 1.15. The predicted octanol–water partition coefficient (Wildman–Crippen LogP) is 2.50. The van der Waals surface area contributed by atoms with Crippen LogP contribution in [0.2, 0.25) is 0 Å². The van der Waals surface area contributed by atoms with Crippen LogP contribution in [0.25, 0.3) is 0 Å². The Balaban J connectivity index is 1.93. The van der Waals surface area contributed by atoms with Gasteiger partial charge in [0.25, 0.3) is 0 Å². The SMILES string of the molecule is CC(C)NC(=O)CN=CC(=CN)Nc1nccc(NCc2cccc(OC(F)F)c2)n1. The quantitative estimate of drug-likeness (QED) is 0.401. The molecule has 1 heterocycles. The molecule has 2 rings (SSSR count). The van der Waals surface area contributed by atoms with Gasteiger partial charge in [-0.3, -0.25) is 9.79 Å². The van der Waals surface area contributed by atoms with Gasteiger partial charge >= 0.3 is 6.61 Å². The summed E-state index contributed by atoms with van der Waals surface area (Å²) in [5.41, 5.74) is 6.73. The van der Waals surface area contributed by atoms with Crippen molar-refractivity contribution in [2.24, 2.45) is 10.7 Å². The molecule has 0 aliphatic heterocycles. The number of hydrogen-bond donors (Lipinski definition) is 4. The van der Waals surface area contributed by atoms with Gasteiger partial charge in [0, 0.05) is 31.2 Å². The van der Waals surface area contributed by atoms with Gasteiger partial charge in [-0.2, -0.15) is 13.8 Å². The zero-order valence-electron chi connectivity index (χ0n) is 17.2. The van der Waals surface area contributed by atoms with Crippen molar-refractivity contribution < 1.29 is 18.3 Å². The number of allylic oxidation sites excluding steroid dienone is 1. The van der Waals surface area contributed by atoms with Gasteiger partial charge in [0.05, 0.1) is 5.70 Å². The average molecular weight is 433 g/mol. The molecule has 9 nitrogen and oxygen atoms in total. The molecule has 0 atom stereocenters. The van der Waals surface area contributed by atoms with Crippen molar-refractivity contribution in [2.75, 3.05) is 17.2 Å². The van der Waals surface area contributed by atoms with E-state index in [2.05, 4.69) is 35.6 Å². The van der Waals surface area contributed by atoms with Crippen LogP contribution < -0.4 is 26.4 Å². The van der Waals surface area contributed by atoms with Crippen LogP contribution in [0.15, 0.2) is 53.4 Å². The number of rotatable bonds is 11. The Hall–Kier alpha value is -3.76. The highest BCUT2D eigenvalue weighted by atomic mass is 19.3. The van der Waals surface area contributed by atoms with E-state index in [-0.39, 0.29) is 30.2 Å². The van der Waals surface area contributed by atoms with Crippen LogP contribution in [-0.2, 0) is 11.3 Å². The lowest BCUT2D eigenvalue weighted by Crippen LogP contribution is -2.31. The minimum atomic E-state index is -2.88. The average Bonchev–Trinajstić information content (AvgIpc) is 2.71. The summed E-state index contributed by atoms with van der Waals surface area (Å²) in [6, 6.07) is 8.06. The van der Waals surface area contributed by atoms with Crippen molar-refractivity contribution in [3.05, 3.63) is 54.0 Å². The molecule has 0 fully saturated rings. The van der Waals surface area contributed by atoms with Crippen molar-refractivity contribution in [3.63, 3.8) is 0 Å². The van der Waals surface area contributed by atoms with E-state index in [4.69, 9.17) is 5.73 Å². The zero-order chi connectivity index (χ0) is 22.6. The highest BCUT2D eigenvalue weighted by molar-refractivity contribution is 5.85. The fraction of sp³-hybridized carbons (Fsp3) is 0.300. The molecule has 0 aliphatic rings. The summed E-state index contributed by atoms with van der Waals surface area (Å²) in [5, 5.41) is 8.71. The van der Waals surface area contributed by atoms with Gasteiger partial charge in [-0.05, 0) is 37.6 Å². The van der Waals surface area contributed by atoms with E-state index in [0.717, 1.165) is 5.56 Å². The van der Waals surface area contributed by atoms with Gasteiger partial charge in [-0.15, -0.1) is 0 Å². The van der Waals surface area contributed by atoms with Gasteiger partial charge < -0.3 is 26.4 Å². The second-order valence-corrected chi connectivity index (χ2v) is 6.58. The van der Waals surface area contributed by atoms with Crippen molar-refractivity contribution in [2.45, 2.75) is 33.0 Å². The minimum absolute atomic E-state index is 0.0337. The smallest absolute Gasteiger partial charge is 0.387 e. The van der Waals surface area contributed by atoms with Gasteiger partial charge in [0.1, 0.15) is 18.1 Å². The van der Waals surface area contributed by atoms with Crippen LogP contribution in [0.4, 0.5) is 20.5 Å². The number of nitrogens with two attached hydrogens (primary N) is 1. The first kappa shape index (κ1) is 23.5. The summed E-state index contributed by atoms with van der Waals surface area (Å²) >= 11 is 0. The molecule has 0 radical (unpaired) electrons. The summed E-state index contributed by atoms with van der Waals surface area (Å²) in [5.74, 6) is 0.642. The van der Waals surface area contributed by atoms with E-state index < -0.39 is 6.61 Å². The van der Waals surface area contributed by atoms with Crippen molar-refractivity contribution in [3.8, 4) is 5.75 Å². The van der Waals surface area contributed by atoms with Crippen molar-refractivity contribution in [1.29, 1.82) is 0 Å². The highest BCUT2D eigenvalue weighted by Crippen LogP contribution is 2.17. The Kier molecular flexibility index (Phi) is 9.14. The molecule has 5 N–H and O–H groups in total. The van der Waals surface area contributed by atoms with Gasteiger partial charge in [0.2, 0.25) is 11.9 Å². The first-order valence-electron chi connectivity index (χ1n) is 9.44. The number of aromatic nitrogens is 2. The molecule has 31 heavy (non-hydrogen) atoms. The molecule has 1 aromatic carbocycles. The molecule has 0 saturated heterocycles. The van der Waals surface area contributed by atoms with Gasteiger partial charge in [-0.25, -0.2) is 4.98 Å². The molecule has 1 amide bonds. The molecule has 2 aromatic rings. The number of amides is 1. The van der Waals surface area contributed by atoms with E-state index in [1.54, 1.807) is 18.2 Å². The number of alkyl halides is 2. The number of ether oxygens (including phenoxy) is 1. The first-order valence-corrected chi connectivity index (χ1v) is 9.44. The Morgan fingerprint density at radius 3 is 2.84 bits per heavy atom. The Labute approximate surface area is 178 Å². The topological polar surface area (TPSA) is 127 Å². The number of halogens is 2. The van der Waals surface area contributed by atoms with E-state index in [1.165, 1.54) is 30.7 Å². The molecule has 0 bridgehead atoms. The lowest BCUT2D eigenvalue weighted by atomic mass is 10.2. The number of aliphatic imine (C=N–C) groups is 1. The largest absolute Gasteiger partial charge is 0.435 e. The molecule has 11 heteroatoms. The summed E-state index contributed by atoms with van der Waals surface area (Å²) < 4.78 is 29.1. The fourth-order valence-corrected chi connectivity index (χ4v) is 2.38. The number of hydrogen-bond acceptors (Lipinski definition) is 8. The normalized spacial score (nSPS) is 11.7. The Bertz CT molecular complexity index is 920. The molecule has 0 spiro atoms. The molecular formula is C20H25F2N7O2. The minimum Gasteiger partial charge on any atom is -0.435 e. The molecule has 0 aliphatic carbocycles. The second-order valence-electron chi connectivity index (χ2n) is 6.58. The highest BCUT2D eigenvalue weighted by Gasteiger charge is 2.06. The van der Waals surface area contributed by atoms with Crippen molar-refractivity contribution in [1.82, 2.24) is 15.3 Å². The number of nitrogens with zero attached hydrogens (tertiary/aromatic N) is 3. The summed E-state index contributed by atoms with van der Waals surface area (Å²) in [7, 11) is 0. The van der Waals surface area contributed by atoms with E-state index in [9.17, 15) is 13.6 Å². The third kappa shape index (κ3) is 9.07. The third-order valence-corrected chi connectivity index (χ3v) is 3.60. The van der Waals surface area contributed by atoms with Crippen LogP contribution in [0.3, 0.4) is 0 Å². The first-order chi connectivity index (χ1) is 14.9. The maximum Gasteiger partial charge on any atom is 0.387 e. The Morgan fingerprint density at radius 2 is 2.13 bits per heavy atom. The van der Waals surface area contributed by atoms with E-state index >= 15 is 0 Å². The molecule has 166 valence electrons. The van der Waals surface area contributed by atoms with Crippen molar-refractivity contribution >= 4 is 23.9 Å². The zero-order valence-corrected chi connectivity index (χ0v) is 17.2. The predicted molar refractivity (Wildman–Crippen MR) is 115 cm³/mol. The lowest BCUT2D eigenvalue weighted by molar-refractivity contribution is -0.120. The maximum absolute atomic E-state index is 12.3. The number of anilines is 2. The van der Waals surface area contributed by atoms with Crippen LogP contribution >= 0.6 is 0 Å². The van der Waals surface area contributed by atoms with Crippen LogP contribution in [0.1, 0.15) is 19.4 Å².